The first-order chi connectivity index (χ1) is 23.8. The first-order valence-electron chi connectivity index (χ1n) is 16.8. The molecule has 9 aromatic rings. The van der Waals surface area contributed by atoms with Crippen LogP contribution in [0.15, 0.2) is 170 Å². The highest BCUT2D eigenvalue weighted by Crippen LogP contribution is 2.50. The van der Waals surface area contributed by atoms with Crippen molar-refractivity contribution in [1.29, 1.82) is 0 Å². The molecule has 11 rings (SSSR count). The fourth-order valence-electron chi connectivity index (χ4n) is 8.58. The fourth-order valence-corrected chi connectivity index (χ4v) is 8.58. The molecule has 0 N–H and O–H groups in total. The van der Waals surface area contributed by atoms with Crippen LogP contribution in [0, 0.1) is 0 Å². The average molecular weight is 605 g/mol. The summed E-state index contributed by atoms with van der Waals surface area (Å²) in [4.78, 5) is 0. The van der Waals surface area contributed by atoms with Crippen molar-refractivity contribution in [3.05, 3.63) is 170 Å². The van der Waals surface area contributed by atoms with Crippen LogP contribution in [-0.2, 0) is 0 Å². The number of fused-ring (bicyclic) bond motifs is 7. The fraction of sp³-hybridized carbons (Fsp3) is 0. The maximum absolute atomic E-state index is 2.35. The summed E-state index contributed by atoms with van der Waals surface area (Å²) in [7, 11) is 0. The van der Waals surface area contributed by atoms with E-state index in [0.29, 0.717) is 0 Å². The number of hydrogen-bond acceptors (Lipinski definition) is 0. The largest absolute Gasteiger partial charge is 0.0616 e. The lowest BCUT2D eigenvalue weighted by molar-refractivity contribution is 1.62. The van der Waals surface area contributed by atoms with Gasteiger partial charge in [-0.1, -0.05) is 152 Å². The minimum Gasteiger partial charge on any atom is -0.0616 e. The summed E-state index contributed by atoms with van der Waals surface area (Å²) in [5.41, 5.74) is 18.3. The summed E-state index contributed by atoms with van der Waals surface area (Å²) in [5.74, 6) is 0. The first kappa shape index (κ1) is 25.9. The number of rotatable bonds is 3. The smallest absolute Gasteiger partial charge is 0.00201 e. The van der Waals surface area contributed by atoms with E-state index in [2.05, 4.69) is 170 Å². The van der Waals surface area contributed by atoms with Crippen LogP contribution >= 0.6 is 0 Å². The number of hydrogen-bond donors (Lipinski definition) is 0. The zero-order valence-electron chi connectivity index (χ0n) is 26.2. The average Bonchev–Trinajstić information content (AvgIpc) is 3.66. The predicted octanol–water partition coefficient (Wildman–Crippen LogP) is 13.4. The van der Waals surface area contributed by atoms with Gasteiger partial charge in [0.15, 0.2) is 0 Å². The summed E-state index contributed by atoms with van der Waals surface area (Å²) in [6.07, 6.45) is 0. The molecule has 0 saturated heterocycles. The molecule has 0 aliphatic heterocycles. The van der Waals surface area contributed by atoms with Crippen molar-refractivity contribution >= 4 is 32.3 Å². The molecule has 220 valence electrons. The molecule has 0 heteroatoms. The molecule has 0 amide bonds. The Morgan fingerprint density at radius 3 is 1.15 bits per heavy atom. The molecule has 0 fully saturated rings. The second-order valence-corrected chi connectivity index (χ2v) is 13.2. The van der Waals surface area contributed by atoms with Gasteiger partial charge in [-0.2, -0.15) is 0 Å². The summed E-state index contributed by atoms with van der Waals surface area (Å²) >= 11 is 0. The van der Waals surface area contributed by atoms with Crippen molar-refractivity contribution in [2.75, 3.05) is 0 Å². The molecule has 2 aliphatic rings. The third-order valence-electron chi connectivity index (χ3n) is 10.8. The van der Waals surface area contributed by atoms with Gasteiger partial charge in [-0.25, -0.2) is 0 Å². The third kappa shape index (κ3) is 3.55. The van der Waals surface area contributed by atoms with E-state index in [1.54, 1.807) is 0 Å². The van der Waals surface area contributed by atoms with Crippen LogP contribution in [0.3, 0.4) is 0 Å². The Bertz CT molecular complexity index is 2770. The maximum Gasteiger partial charge on any atom is -0.00201 e. The van der Waals surface area contributed by atoms with Crippen molar-refractivity contribution in [1.82, 2.24) is 0 Å². The lowest BCUT2D eigenvalue weighted by atomic mass is 9.91. The van der Waals surface area contributed by atoms with Gasteiger partial charge in [0, 0.05) is 0 Å². The predicted molar refractivity (Wildman–Crippen MR) is 204 cm³/mol. The monoisotopic (exact) mass is 604 g/mol. The summed E-state index contributed by atoms with van der Waals surface area (Å²) in [6, 6.07) is 63.2. The molecule has 0 nitrogen and oxygen atoms in total. The van der Waals surface area contributed by atoms with Gasteiger partial charge >= 0.3 is 0 Å². The molecule has 2 aliphatic carbocycles. The topological polar surface area (TPSA) is 0 Å². The molecular formula is C48H28. The normalized spacial score (nSPS) is 12.2. The van der Waals surface area contributed by atoms with Gasteiger partial charge in [0.25, 0.3) is 0 Å². The van der Waals surface area contributed by atoms with Crippen LogP contribution in [-0.4, -0.2) is 0 Å². The highest BCUT2D eigenvalue weighted by Gasteiger charge is 2.23. The Morgan fingerprint density at radius 2 is 0.583 bits per heavy atom. The van der Waals surface area contributed by atoms with E-state index in [1.165, 1.54) is 110 Å². The summed E-state index contributed by atoms with van der Waals surface area (Å²) in [5, 5.41) is 7.88. The Labute approximate surface area is 279 Å². The molecule has 0 bridgehead atoms. The standard InChI is InChI=1S/C48H28/c1-3-12-39-37(10-1)43-16-6-14-41-35(22-24-45(39)47(41)43)33-9-5-8-29(27-33)30-18-19-32-28-34(21-20-31(32)26-30)36-23-25-46-40-13-4-2-11-38(40)44-17-7-15-42(36)48(44)46/h1-28H. The number of benzene rings is 9. The molecule has 48 heavy (non-hydrogen) atoms. The van der Waals surface area contributed by atoms with E-state index < -0.39 is 0 Å². The molecule has 0 radical (unpaired) electrons. The molecular weight excluding hydrogens is 577 g/mol. The van der Waals surface area contributed by atoms with E-state index in [4.69, 9.17) is 0 Å². The summed E-state index contributed by atoms with van der Waals surface area (Å²) < 4.78 is 0. The zero-order valence-corrected chi connectivity index (χ0v) is 26.2. The van der Waals surface area contributed by atoms with Crippen LogP contribution in [0.4, 0.5) is 0 Å². The molecule has 9 aromatic carbocycles. The second-order valence-electron chi connectivity index (χ2n) is 13.2. The second kappa shape index (κ2) is 9.64. The highest BCUT2D eigenvalue weighted by atomic mass is 14.3. The van der Waals surface area contributed by atoms with Gasteiger partial charge in [0.2, 0.25) is 0 Å². The van der Waals surface area contributed by atoms with E-state index >= 15 is 0 Å². The van der Waals surface area contributed by atoms with Gasteiger partial charge < -0.3 is 0 Å². The molecule has 0 atom stereocenters. The quantitative estimate of drug-likeness (QED) is 0.188. The van der Waals surface area contributed by atoms with E-state index in [-0.39, 0.29) is 0 Å². The Balaban J connectivity index is 0.982. The minimum atomic E-state index is 1.23. The van der Waals surface area contributed by atoms with Gasteiger partial charge in [-0.05, 0) is 128 Å². The van der Waals surface area contributed by atoms with E-state index in [1.807, 2.05) is 0 Å². The minimum absolute atomic E-state index is 1.23. The van der Waals surface area contributed by atoms with Gasteiger partial charge in [-0.3, -0.25) is 0 Å². The molecule has 0 unspecified atom stereocenters. The molecule has 0 aromatic heterocycles. The van der Waals surface area contributed by atoms with Crippen molar-refractivity contribution in [3.63, 3.8) is 0 Å². The highest BCUT2D eigenvalue weighted by molar-refractivity contribution is 6.20. The molecule has 0 spiro atoms. The Morgan fingerprint density at radius 1 is 0.208 bits per heavy atom. The van der Waals surface area contributed by atoms with Crippen LogP contribution in [0.1, 0.15) is 0 Å². The van der Waals surface area contributed by atoms with Gasteiger partial charge in [0.05, 0.1) is 0 Å². The maximum atomic E-state index is 2.35. The van der Waals surface area contributed by atoms with E-state index in [9.17, 15) is 0 Å². The Hall–Kier alpha value is -6.24. The van der Waals surface area contributed by atoms with E-state index in [0.717, 1.165) is 0 Å². The van der Waals surface area contributed by atoms with Crippen LogP contribution in [0.25, 0.3) is 110 Å². The van der Waals surface area contributed by atoms with Crippen molar-refractivity contribution < 1.29 is 0 Å². The van der Waals surface area contributed by atoms with Gasteiger partial charge in [-0.15, -0.1) is 0 Å². The van der Waals surface area contributed by atoms with Gasteiger partial charge in [0.1, 0.15) is 0 Å². The van der Waals surface area contributed by atoms with Crippen LogP contribution < -0.4 is 0 Å². The van der Waals surface area contributed by atoms with Crippen LogP contribution in [0.5, 0.6) is 0 Å². The lowest BCUT2D eigenvalue weighted by Gasteiger charge is -2.12. The zero-order chi connectivity index (χ0) is 31.3. The lowest BCUT2D eigenvalue weighted by Crippen LogP contribution is -1.86. The van der Waals surface area contributed by atoms with Crippen LogP contribution in [0.2, 0.25) is 0 Å². The SMILES string of the molecule is c1cc(-c2ccc3cc(-c4ccc5c6c(cccc46)-c4ccccc4-5)ccc3c2)cc(-c2ccc3c4c(cccc24)-c2ccccc2-3)c1. The summed E-state index contributed by atoms with van der Waals surface area (Å²) in [6.45, 7) is 0. The van der Waals surface area contributed by atoms with Crippen molar-refractivity contribution in [2.24, 2.45) is 0 Å². The molecule has 0 saturated carbocycles. The van der Waals surface area contributed by atoms with Crippen molar-refractivity contribution in [2.45, 2.75) is 0 Å². The molecule has 0 heterocycles. The first-order valence-corrected chi connectivity index (χ1v) is 16.8. The third-order valence-corrected chi connectivity index (χ3v) is 10.8. The van der Waals surface area contributed by atoms with Crippen molar-refractivity contribution in [3.8, 4) is 77.9 Å². The Kier molecular flexibility index (Phi) is 5.20.